The van der Waals surface area contributed by atoms with Crippen LogP contribution in [0.4, 0.5) is 0 Å². The zero-order chi connectivity index (χ0) is 11.8. The number of methoxy groups -OCH3 is 2. The van der Waals surface area contributed by atoms with E-state index >= 15 is 0 Å². The summed E-state index contributed by atoms with van der Waals surface area (Å²) in [5, 5.41) is 19.1. The monoisotopic (exact) mass is 241 g/mol. The van der Waals surface area contributed by atoms with Crippen LogP contribution in [-0.4, -0.2) is 35.2 Å². The topological polar surface area (TPSA) is 64.8 Å². The molecule has 0 fully saturated rings. The van der Waals surface area contributed by atoms with E-state index in [1.54, 1.807) is 12.1 Å². The lowest BCUT2D eigenvalue weighted by atomic mass is 10.1. The van der Waals surface area contributed by atoms with Crippen LogP contribution in [0.25, 0.3) is 0 Å². The van der Waals surface area contributed by atoms with Gasteiger partial charge in [-0.3, -0.25) is 5.21 Å². The fraction of sp³-hybridized carbons (Fsp3) is 0.300. The summed E-state index contributed by atoms with van der Waals surface area (Å²) < 4.78 is 10.4. The van der Waals surface area contributed by atoms with Crippen LogP contribution in [-0.2, 0) is 9.47 Å². The molecule has 1 aromatic carbocycles. The van der Waals surface area contributed by atoms with Gasteiger partial charge in [-0.2, -0.15) is 0 Å². The van der Waals surface area contributed by atoms with Crippen LogP contribution < -0.4 is 0 Å². The predicted molar refractivity (Wildman–Crippen MR) is 58.6 cm³/mol. The number of ether oxygens (including phenoxy) is 2. The maximum Gasteiger partial charge on any atom is 0.323 e. The summed E-state index contributed by atoms with van der Waals surface area (Å²) in [6.45, 7) is 0. The Kier molecular flexibility index (Phi) is 2.79. The van der Waals surface area contributed by atoms with E-state index < -0.39 is 5.12 Å². The molecule has 1 aliphatic heterocycles. The SMILES string of the molecule is COC1(OC)Sc2ccccc2/C1=[N+](\[O-])O. The van der Waals surface area contributed by atoms with E-state index in [9.17, 15) is 5.21 Å². The van der Waals surface area contributed by atoms with E-state index in [1.165, 1.54) is 26.0 Å². The summed E-state index contributed by atoms with van der Waals surface area (Å²) in [6.07, 6.45) is 0. The van der Waals surface area contributed by atoms with Gasteiger partial charge in [0.2, 0.25) is 0 Å². The lowest BCUT2D eigenvalue weighted by molar-refractivity contribution is -0.728. The Morgan fingerprint density at radius 1 is 1.31 bits per heavy atom. The van der Waals surface area contributed by atoms with E-state index in [-0.39, 0.29) is 10.6 Å². The molecule has 0 unspecified atom stereocenters. The van der Waals surface area contributed by atoms with Crippen molar-refractivity contribution in [3.63, 3.8) is 0 Å². The van der Waals surface area contributed by atoms with Gasteiger partial charge in [0, 0.05) is 24.0 Å². The van der Waals surface area contributed by atoms with Crippen LogP contribution in [0.1, 0.15) is 5.56 Å². The number of rotatable bonds is 2. The van der Waals surface area contributed by atoms with Crippen molar-refractivity contribution in [2.45, 2.75) is 10.0 Å². The van der Waals surface area contributed by atoms with Crippen molar-refractivity contribution in [3.05, 3.63) is 35.0 Å². The molecule has 0 saturated carbocycles. The predicted octanol–water partition coefficient (Wildman–Crippen LogP) is 1.43. The Balaban J connectivity index is 2.63. The Bertz CT molecular complexity index is 438. The summed E-state index contributed by atoms with van der Waals surface area (Å²) in [7, 11) is 2.84. The molecule has 0 saturated heterocycles. The van der Waals surface area contributed by atoms with Crippen LogP contribution >= 0.6 is 11.8 Å². The van der Waals surface area contributed by atoms with Crippen molar-refractivity contribution in [3.8, 4) is 0 Å². The van der Waals surface area contributed by atoms with Crippen LogP contribution in [0.2, 0.25) is 0 Å². The first-order chi connectivity index (χ1) is 7.64. The molecule has 0 aromatic heterocycles. The number of hydrogen-bond acceptors (Lipinski definition) is 5. The van der Waals surface area contributed by atoms with Gasteiger partial charge in [0.05, 0.1) is 5.56 Å². The Morgan fingerprint density at radius 2 is 1.94 bits per heavy atom. The summed E-state index contributed by atoms with van der Waals surface area (Å²) in [5.41, 5.74) is 0.673. The van der Waals surface area contributed by atoms with Gasteiger partial charge in [-0.15, -0.1) is 0 Å². The Hall–Kier alpha value is -1.24. The molecular formula is C10H11NO4S. The third-order valence-electron chi connectivity index (χ3n) is 2.41. The molecular weight excluding hydrogens is 230 g/mol. The largest absolute Gasteiger partial charge is 0.417 e. The zero-order valence-electron chi connectivity index (χ0n) is 8.84. The lowest BCUT2D eigenvalue weighted by Gasteiger charge is -2.21. The Labute approximate surface area is 96.8 Å². The molecule has 86 valence electrons. The number of fused-ring (bicyclic) bond motifs is 1. The van der Waals surface area contributed by atoms with Gasteiger partial charge in [0.15, 0.2) is 0 Å². The maximum atomic E-state index is 11.2. The highest BCUT2D eigenvalue weighted by Crippen LogP contribution is 2.45. The fourth-order valence-electron chi connectivity index (χ4n) is 1.69. The first kappa shape index (κ1) is 11.3. The molecule has 0 amide bonds. The summed E-state index contributed by atoms with van der Waals surface area (Å²) >= 11 is 1.24. The van der Waals surface area contributed by atoms with Crippen molar-refractivity contribution >= 4 is 17.5 Å². The molecule has 0 radical (unpaired) electrons. The van der Waals surface area contributed by atoms with Crippen LogP contribution in [0.5, 0.6) is 0 Å². The van der Waals surface area contributed by atoms with Gasteiger partial charge in [0.1, 0.15) is 0 Å². The van der Waals surface area contributed by atoms with Gasteiger partial charge in [-0.25, -0.2) is 0 Å². The van der Waals surface area contributed by atoms with Gasteiger partial charge in [0.25, 0.3) is 0 Å². The van der Waals surface area contributed by atoms with Crippen molar-refractivity contribution in [1.29, 1.82) is 0 Å². The molecule has 1 aliphatic rings. The number of thioether (sulfide) groups is 1. The third kappa shape index (κ3) is 1.46. The van der Waals surface area contributed by atoms with Gasteiger partial charge in [-0.05, 0) is 23.9 Å². The molecule has 2 rings (SSSR count). The average Bonchev–Trinajstić information content (AvgIpc) is 2.63. The number of benzene rings is 1. The second-order valence-electron chi connectivity index (χ2n) is 3.18. The molecule has 6 heteroatoms. The second kappa shape index (κ2) is 3.97. The standard InChI is InChI=1S/C10H11NO4S/c1-14-10(15-2)9(11(12)13)7-5-3-4-6-8(7)16-10/h3-6H,1-2H3,(H,12,13). The highest BCUT2D eigenvalue weighted by atomic mass is 32.2. The van der Waals surface area contributed by atoms with E-state index in [0.717, 1.165) is 4.90 Å². The first-order valence-electron chi connectivity index (χ1n) is 4.57. The first-order valence-corrected chi connectivity index (χ1v) is 5.38. The quantitative estimate of drug-likeness (QED) is 0.367. The molecule has 5 nitrogen and oxygen atoms in total. The molecule has 16 heavy (non-hydrogen) atoms. The molecule has 1 N–H and O–H groups in total. The van der Waals surface area contributed by atoms with Crippen LogP contribution in [0.15, 0.2) is 29.2 Å². The van der Waals surface area contributed by atoms with Crippen LogP contribution in [0.3, 0.4) is 0 Å². The van der Waals surface area contributed by atoms with E-state index in [0.29, 0.717) is 5.56 Å². The Morgan fingerprint density at radius 3 is 2.50 bits per heavy atom. The smallest absolute Gasteiger partial charge is 0.323 e. The van der Waals surface area contributed by atoms with E-state index in [4.69, 9.17) is 14.7 Å². The second-order valence-corrected chi connectivity index (χ2v) is 4.37. The van der Waals surface area contributed by atoms with Crippen molar-refractivity contribution in [2.75, 3.05) is 14.2 Å². The maximum absolute atomic E-state index is 11.2. The highest BCUT2D eigenvalue weighted by Gasteiger charge is 2.53. The summed E-state index contributed by atoms with van der Waals surface area (Å²) in [6, 6.07) is 7.20. The third-order valence-corrected chi connectivity index (χ3v) is 3.78. The van der Waals surface area contributed by atoms with Gasteiger partial charge < -0.3 is 14.7 Å². The number of nitrogens with zero attached hydrogens (tertiary/aromatic N) is 1. The normalized spacial score (nSPS) is 20.6. The molecule has 0 spiro atoms. The average molecular weight is 241 g/mol. The molecule has 1 heterocycles. The zero-order valence-corrected chi connectivity index (χ0v) is 9.65. The minimum absolute atomic E-state index is 0.0538. The number of hydrogen-bond donors (Lipinski definition) is 1. The van der Waals surface area contributed by atoms with Crippen molar-refractivity contribution < 1.29 is 19.6 Å². The summed E-state index contributed by atoms with van der Waals surface area (Å²) in [5.74, 6) is 0. The van der Waals surface area contributed by atoms with Crippen molar-refractivity contribution in [2.24, 2.45) is 0 Å². The minimum Gasteiger partial charge on any atom is -0.417 e. The fourth-order valence-corrected chi connectivity index (χ4v) is 2.85. The highest BCUT2D eigenvalue weighted by molar-refractivity contribution is 8.01. The van der Waals surface area contributed by atoms with E-state index in [2.05, 4.69) is 0 Å². The molecule has 1 aromatic rings. The van der Waals surface area contributed by atoms with Gasteiger partial charge in [-0.1, -0.05) is 12.1 Å². The molecule has 0 aliphatic carbocycles. The molecule has 0 atom stereocenters. The molecule has 0 bridgehead atoms. The van der Waals surface area contributed by atoms with Crippen molar-refractivity contribution in [1.82, 2.24) is 0 Å². The van der Waals surface area contributed by atoms with E-state index in [1.807, 2.05) is 12.1 Å². The lowest BCUT2D eigenvalue weighted by Crippen LogP contribution is -2.40. The van der Waals surface area contributed by atoms with Crippen LogP contribution in [0, 0.1) is 5.21 Å². The minimum atomic E-state index is -1.28. The van der Waals surface area contributed by atoms with Gasteiger partial charge >= 0.3 is 10.8 Å². The summed E-state index contributed by atoms with van der Waals surface area (Å²) in [4.78, 5) is 0.627.